The quantitative estimate of drug-likeness (QED) is 0.783. The van der Waals surface area contributed by atoms with E-state index in [0.29, 0.717) is 16.9 Å². The molecule has 0 saturated heterocycles. The van der Waals surface area contributed by atoms with Crippen LogP contribution >= 0.6 is 11.6 Å². The minimum absolute atomic E-state index is 0.109. The van der Waals surface area contributed by atoms with Crippen LogP contribution in [0.25, 0.3) is 0 Å². The number of carbonyl (C=O) groups excluding carboxylic acids is 2. The second-order valence-corrected chi connectivity index (χ2v) is 4.73. The van der Waals surface area contributed by atoms with Gasteiger partial charge in [-0.3, -0.25) is 9.59 Å². The number of aldehydes is 1. The molecule has 0 aliphatic heterocycles. The van der Waals surface area contributed by atoms with Gasteiger partial charge in [-0.2, -0.15) is 0 Å². The first-order chi connectivity index (χ1) is 9.08. The largest absolute Gasteiger partial charge is 0.481 e. The molecule has 1 amide bonds. The lowest BCUT2D eigenvalue weighted by Gasteiger charge is -2.14. The number of hydrogen-bond acceptors (Lipinski definition) is 3. The van der Waals surface area contributed by atoms with Gasteiger partial charge in [0.15, 0.2) is 12.9 Å². The maximum Gasteiger partial charge on any atom is 0.258 e. The van der Waals surface area contributed by atoms with Crippen molar-refractivity contribution in [3.8, 4) is 5.75 Å². The summed E-state index contributed by atoms with van der Waals surface area (Å²) in [5.74, 6) is 0.0233. The van der Waals surface area contributed by atoms with Gasteiger partial charge in [0.05, 0.1) is 10.6 Å². The zero-order chi connectivity index (χ0) is 14.3. The first kappa shape index (κ1) is 15.5. The maximum absolute atomic E-state index is 11.6. The summed E-state index contributed by atoms with van der Waals surface area (Å²) >= 11 is 5.93. The van der Waals surface area contributed by atoms with E-state index in [1.165, 1.54) is 0 Å². The van der Waals surface area contributed by atoms with E-state index in [0.717, 1.165) is 12.8 Å². The Bertz CT molecular complexity index is 448. The smallest absolute Gasteiger partial charge is 0.258 e. The van der Waals surface area contributed by atoms with Crippen LogP contribution in [-0.2, 0) is 4.79 Å². The molecule has 0 saturated carbocycles. The number of carbonyl (C=O) groups is 2. The van der Waals surface area contributed by atoms with Crippen LogP contribution in [0.5, 0.6) is 5.75 Å². The molecule has 0 bridgehead atoms. The fraction of sp³-hybridized carbons (Fsp3) is 0.429. The third-order valence-electron chi connectivity index (χ3n) is 2.60. The van der Waals surface area contributed by atoms with Crippen molar-refractivity contribution in [3.05, 3.63) is 28.8 Å². The topological polar surface area (TPSA) is 55.4 Å². The fourth-order valence-corrected chi connectivity index (χ4v) is 1.97. The van der Waals surface area contributed by atoms with E-state index in [2.05, 4.69) is 12.2 Å². The van der Waals surface area contributed by atoms with E-state index in [1.807, 2.05) is 6.92 Å². The number of ether oxygens (including phenoxy) is 1. The molecule has 0 radical (unpaired) electrons. The highest BCUT2D eigenvalue weighted by Gasteiger charge is 2.11. The highest BCUT2D eigenvalue weighted by atomic mass is 35.5. The number of rotatable bonds is 7. The van der Waals surface area contributed by atoms with E-state index < -0.39 is 0 Å². The molecule has 0 aromatic heterocycles. The van der Waals surface area contributed by atoms with Crippen LogP contribution in [0.4, 0.5) is 0 Å². The SMILES string of the molecule is CCCC(C)NC(=O)COc1c(Cl)cccc1C=O. The summed E-state index contributed by atoms with van der Waals surface area (Å²) in [6, 6.07) is 4.97. The summed E-state index contributed by atoms with van der Waals surface area (Å²) in [5.41, 5.74) is 0.335. The molecule has 0 spiro atoms. The average Bonchev–Trinajstić information content (AvgIpc) is 2.37. The van der Waals surface area contributed by atoms with Gasteiger partial charge in [-0.25, -0.2) is 0 Å². The van der Waals surface area contributed by atoms with Crippen LogP contribution in [0.2, 0.25) is 5.02 Å². The molecule has 1 unspecified atom stereocenters. The van der Waals surface area contributed by atoms with Crippen molar-refractivity contribution in [1.82, 2.24) is 5.32 Å². The Kier molecular flexibility index (Phi) is 6.36. The molecule has 1 aromatic carbocycles. The lowest BCUT2D eigenvalue weighted by Crippen LogP contribution is -2.36. The third kappa shape index (κ3) is 4.91. The number of hydrogen-bond donors (Lipinski definition) is 1. The number of halogens is 1. The third-order valence-corrected chi connectivity index (χ3v) is 2.90. The molecular weight excluding hydrogens is 266 g/mol. The van der Waals surface area contributed by atoms with Crippen LogP contribution in [0.1, 0.15) is 37.0 Å². The van der Waals surface area contributed by atoms with E-state index in [4.69, 9.17) is 16.3 Å². The van der Waals surface area contributed by atoms with Crippen LogP contribution in [0.3, 0.4) is 0 Å². The summed E-state index contributed by atoms with van der Waals surface area (Å²) in [7, 11) is 0. The van der Waals surface area contributed by atoms with Crippen molar-refractivity contribution in [2.75, 3.05) is 6.61 Å². The first-order valence-electron chi connectivity index (χ1n) is 6.24. The number of amides is 1. The van der Waals surface area contributed by atoms with Crippen LogP contribution in [0, 0.1) is 0 Å². The summed E-state index contributed by atoms with van der Waals surface area (Å²) in [5, 5.41) is 3.13. The lowest BCUT2D eigenvalue weighted by atomic mass is 10.2. The minimum atomic E-state index is -0.224. The van der Waals surface area contributed by atoms with Crippen molar-refractivity contribution >= 4 is 23.8 Å². The molecule has 0 aliphatic rings. The molecule has 1 aromatic rings. The Morgan fingerprint density at radius 2 is 2.26 bits per heavy atom. The molecule has 0 heterocycles. The van der Waals surface area contributed by atoms with E-state index in [9.17, 15) is 9.59 Å². The molecule has 104 valence electrons. The number of nitrogens with one attached hydrogen (secondary N) is 1. The summed E-state index contributed by atoms with van der Waals surface area (Å²) < 4.78 is 5.32. The molecule has 5 heteroatoms. The Morgan fingerprint density at radius 3 is 2.89 bits per heavy atom. The zero-order valence-electron chi connectivity index (χ0n) is 11.1. The molecule has 1 atom stereocenters. The normalized spacial score (nSPS) is 11.7. The fourth-order valence-electron chi connectivity index (χ4n) is 1.73. The average molecular weight is 284 g/mol. The van der Waals surface area contributed by atoms with Crippen LogP contribution < -0.4 is 10.1 Å². The van der Waals surface area contributed by atoms with Crippen molar-refractivity contribution in [3.63, 3.8) is 0 Å². The van der Waals surface area contributed by atoms with Gasteiger partial charge in [0.1, 0.15) is 5.75 Å². The molecule has 4 nitrogen and oxygen atoms in total. The standard InChI is InChI=1S/C14H18ClNO3/c1-3-5-10(2)16-13(18)9-19-14-11(8-17)6-4-7-12(14)15/h4,6-8,10H,3,5,9H2,1-2H3,(H,16,18). The van der Waals surface area contributed by atoms with E-state index >= 15 is 0 Å². The Labute approximate surface area is 118 Å². The molecule has 19 heavy (non-hydrogen) atoms. The van der Waals surface area contributed by atoms with Gasteiger partial charge in [-0.05, 0) is 25.5 Å². The Hall–Kier alpha value is -1.55. The first-order valence-corrected chi connectivity index (χ1v) is 6.62. The van der Waals surface area contributed by atoms with Gasteiger partial charge >= 0.3 is 0 Å². The predicted molar refractivity (Wildman–Crippen MR) is 74.8 cm³/mol. The van der Waals surface area contributed by atoms with Gasteiger partial charge in [0.25, 0.3) is 5.91 Å². The highest BCUT2D eigenvalue weighted by Crippen LogP contribution is 2.27. The predicted octanol–water partition coefficient (Wildman–Crippen LogP) is 2.84. The zero-order valence-corrected chi connectivity index (χ0v) is 11.9. The highest BCUT2D eigenvalue weighted by molar-refractivity contribution is 6.32. The van der Waals surface area contributed by atoms with Gasteiger partial charge in [0.2, 0.25) is 0 Å². The second kappa shape index (κ2) is 7.79. The van der Waals surface area contributed by atoms with Crippen molar-refractivity contribution in [1.29, 1.82) is 0 Å². The Balaban J connectivity index is 2.57. The van der Waals surface area contributed by atoms with Gasteiger partial charge < -0.3 is 10.1 Å². The van der Waals surface area contributed by atoms with Crippen LogP contribution in [0.15, 0.2) is 18.2 Å². The van der Waals surface area contributed by atoms with Gasteiger partial charge in [-0.15, -0.1) is 0 Å². The number of para-hydroxylation sites is 1. The molecule has 1 N–H and O–H groups in total. The number of benzene rings is 1. The lowest BCUT2D eigenvalue weighted by molar-refractivity contribution is -0.123. The summed E-state index contributed by atoms with van der Waals surface area (Å²) in [4.78, 5) is 22.5. The molecular formula is C14H18ClNO3. The molecule has 1 rings (SSSR count). The van der Waals surface area contributed by atoms with Crippen LogP contribution in [-0.4, -0.2) is 24.8 Å². The summed E-state index contributed by atoms with van der Waals surface area (Å²) in [6.07, 6.45) is 2.57. The molecule has 0 fully saturated rings. The monoisotopic (exact) mass is 283 g/mol. The van der Waals surface area contributed by atoms with E-state index in [1.54, 1.807) is 18.2 Å². The maximum atomic E-state index is 11.6. The van der Waals surface area contributed by atoms with E-state index in [-0.39, 0.29) is 24.3 Å². The molecule has 0 aliphatic carbocycles. The van der Waals surface area contributed by atoms with Crippen molar-refractivity contribution in [2.24, 2.45) is 0 Å². The minimum Gasteiger partial charge on any atom is -0.481 e. The Morgan fingerprint density at radius 1 is 1.53 bits per heavy atom. The van der Waals surface area contributed by atoms with Crippen molar-refractivity contribution in [2.45, 2.75) is 32.7 Å². The summed E-state index contributed by atoms with van der Waals surface area (Å²) in [6.45, 7) is 3.84. The van der Waals surface area contributed by atoms with Gasteiger partial charge in [-0.1, -0.05) is 31.0 Å². The second-order valence-electron chi connectivity index (χ2n) is 4.32. The van der Waals surface area contributed by atoms with Crippen molar-refractivity contribution < 1.29 is 14.3 Å². The van der Waals surface area contributed by atoms with Gasteiger partial charge in [0, 0.05) is 6.04 Å².